The van der Waals surface area contributed by atoms with Crippen molar-refractivity contribution in [1.82, 2.24) is 4.57 Å². The van der Waals surface area contributed by atoms with Crippen LogP contribution < -0.4 is 20.3 Å². The highest BCUT2D eigenvalue weighted by Gasteiger charge is 2.20. The Balaban J connectivity index is 1.95. The number of carbonyl (C=O) groups excluding carboxylic acids is 1. The molecule has 0 saturated carbocycles. The Labute approximate surface area is 214 Å². The summed E-state index contributed by atoms with van der Waals surface area (Å²) in [5, 5.41) is 3.76. The quantitative estimate of drug-likeness (QED) is 0.228. The lowest BCUT2D eigenvalue weighted by Gasteiger charge is -2.19. The molecule has 0 atom stereocenters. The standard InChI is InChI=1S/C30H40N2O4/c1-4-7-9-14-20-35-27-25-19-18-24(31-29(33)23-16-12-11-13-17-23)22-26(25)32(6-3)30(34)28(27)36-21-15-10-8-5-2/h11-13,16-19,22H,4-10,14-15,20-21H2,1-3H3,(H,31,33). The van der Waals surface area contributed by atoms with Crippen molar-refractivity contribution in [2.24, 2.45) is 0 Å². The van der Waals surface area contributed by atoms with Crippen LogP contribution in [-0.4, -0.2) is 23.7 Å². The third-order valence-electron chi connectivity index (χ3n) is 6.28. The van der Waals surface area contributed by atoms with E-state index in [0.29, 0.717) is 36.8 Å². The van der Waals surface area contributed by atoms with Gasteiger partial charge in [-0.3, -0.25) is 9.59 Å². The summed E-state index contributed by atoms with van der Waals surface area (Å²) in [5.74, 6) is 0.602. The molecule has 3 rings (SSSR count). The molecule has 0 spiro atoms. The van der Waals surface area contributed by atoms with Gasteiger partial charge in [0.05, 0.1) is 18.7 Å². The molecule has 3 aromatic rings. The number of rotatable bonds is 15. The molecule has 0 unspecified atom stereocenters. The summed E-state index contributed by atoms with van der Waals surface area (Å²) in [6.07, 6.45) is 8.59. The topological polar surface area (TPSA) is 69.6 Å². The van der Waals surface area contributed by atoms with Crippen molar-refractivity contribution in [3.05, 3.63) is 64.4 Å². The Kier molecular flexibility index (Phi) is 10.9. The lowest BCUT2D eigenvalue weighted by Crippen LogP contribution is -2.23. The van der Waals surface area contributed by atoms with Gasteiger partial charge in [0.25, 0.3) is 11.5 Å². The Hall–Kier alpha value is -3.28. The van der Waals surface area contributed by atoms with E-state index in [4.69, 9.17) is 9.47 Å². The number of fused-ring (bicyclic) bond motifs is 1. The third kappa shape index (κ3) is 7.12. The van der Waals surface area contributed by atoms with Crippen molar-refractivity contribution in [3.63, 3.8) is 0 Å². The number of hydrogen-bond donors (Lipinski definition) is 1. The van der Waals surface area contributed by atoms with Gasteiger partial charge in [-0.15, -0.1) is 0 Å². The average Bonchev–Trinajstić information content (AvgIpc) is 2.90. The Morgan fingerprint density at radius 1 is 0.806 bits per heavy atom. The molecule has 0 radical (unpaired) electrons. The van der Waals surface area contributed by atoms with Crippen LogP contribution >= 0.6 is 0 Å². The lowest BCUT2D eigenvalue weighted by molar-refractivity contribution is 0.102. The number of pyridine rings is 1. The minimum absolute atomic E-state index is 0.195. The van der Waals surface area contributed by atoms with Crippen molar-refractivity contribution < 1.29 is 14.3 Å². The SMILES string of the molecule is CCCCCCOc1c(OCCCCCC)c2ccc(NC(=O)c3ccccc3)cc2n(CC)c1=O. The molecule has 0 saturated heterocycles. The third-order valence-corrected chi connectivity index (χ3v) is 6.28. The van der Waals surface area contributed by atoms with Gasteiger partial charge >= 0.3 is 0 Å². The summed E-state index contributed by atoms with van der Waals surface area (Å²) in [7, 11) is 0. The van der Waals surface area contributed by atoms with Gasteiger partial charge in [0.1, 0.15) is 0 Å². The number of nitrogens with one attached hydrogen (secondary N) is 1. The highest BCUT2D eigenvalue weighted by atomic mass is 16.5. The maximum Gasteiger partial charge on any atom is 0.297 e. The van der Waals surface area contributed by atoms with Crippen LogP contribution in [0.2, 0.25) is 0 Å². The van der Waals surface area contributed by atoms with Crippen LogP contribution in [0.25, 0.3) is 10.9 Å². The molecule has 0 bridgehead atoms. The molecular weight excluding hydrogens is 452 g/mol. The first-order valence-corrected chi connectivity index (χ1v) is 13.4. The summed E-state index contributed by atoms with van der Waals surface area (Å²) in [5.41, 5.74) is 1.72. The summed E-state index contributed by atoms with van der Waals surface area (Å²) >= 11 is 0. The highest BCUT2D eigenvalue weighted by molar-refractivity contribution is 6.05. The number of hydrogen-bond acceptors (Lipinski definition) is 4. The van der Waals surface area contributed by atoms with Gasteiger partial charge in [-0.1, -0.05) is 70.6 Å². The van der Waals surface area contributed by atoms with E-state index < -0.39 is 0 Å². The molecule has 1 amide bonds. The smallest absolute Gasteiger partial charge is 0.297 e. The van der Waals surface area contributed by atoms with Crippen LogP contribution in [0.1, 0.15) is 82.5 Å². The minimum atomic E-state index is -0.199. The summed E-state index contributed by atoms with van der Waals surface area (Å²) in [4.78, 5) is 26.2. The van der Waals surface area contributed by atoms with Gasteiger partial charge in [-0.25, -0.2) is 0 Å². The van der Waals surface area contributed by atoms with Crippen LogP contribution in [0.5, 0.6) is 11.5 Å². The first kappa shape index (κ1) is 27.3. The zero-order valence-electron chi connectivity index (χ0n) is 22.0. The van der Waals surface area contributed by atoms with Crippen LogP contribution in [0, 0.1) is 0 Å². The number of unbranched alkanes of at least 4 members (excludes halogenated alkanes) is 6. The second-order valence-electron chi connectivity index (χ2n) is 9.08. The number of carbonyl (C=O) groups is 1. The molecule has 1 aromatic heterocycles. The number of aryl methyl sites for hydroxylation is 1. The van der Waals surface area contributed by atoms with Crippen LogP contribution in [0.4, 0.5) is 5.69 Å². The van der Waals surface area contributed by atoms with Crippen molar-refractivity contribution in [2.45, 2.75) is 78.7 Å². The van der Waals surface area contributed by atoms with Crippen LogP contribution in [0.3, 0.4) is 0 Å². The maximum atomic E-state index is 13.5. The molecule has 1 N–H and O–H groups in total. The van der Waals surface area contributed by atoms with Crippen molar-refractivity contribution >= 4 is 22.5 Å². The number of aromatic nitrogens is 1. The van der Waals surface area contributed by atoms with Gasteiger partial charge in [-0.05, 0) is 50.1 Å². The number of anilines is 1. The fourth-order valence-corrected chi connectivity index (χ4v) is 4.26. The fourth-order valence-electron chi connectivity index (χ4n) is 4.26. The zero-order valence-corrected chi connectivity index (χ0v) is 22.0. The summed E-state index contributed by atoms with van der Waals surface area (Å²) in [6.45, 7) is 7.79. The molecule has 6 heteroatoms. The van der Waals surface area contributed by atoms with E-state index in [9.17, 15) is 9.59 Å². The Bertz CT molecular complexity index is 1170. The predicted molar refractivity (Wildman–Crippen MR) is 148 cm³/mol. The number of nitrogens with zero attached hydrogens (tertiary/aromatic N) is 1. The van der Waals surface area contributed by atoms with Crippen molar-refractivity contribution in [2.75, 3.05) is 18.5 Å². The van der Waals surface area contributed by atoms with E-state index in [1.165, 1.54) is 0 Å². The first-order valence-electron chi connectivity index (χ1n) is 13.4. The molecule has 0 fully saturated rings. The monoisotopic (exact) mass is 492 g/mol. The number of amides is 1. The summed E-state index contributed by atoms with van der Waals surface area (Å²) in [6, 6.07) is 14.7. The molecule has 2 aromatic carbocycles. The van der Waals surface area contributed by atoms with Crippen LogP contribution in [-0.2, 0) is 6.54 Å². The lowest BCUT2D eigenvalue weighted by atomic mass is 10.1. The maximum absolute atomic E-state index is 13.5. The van der Waals surface area contributed by atoms with Gasteiger partial charge < -0.3 is 19.4 Å². The molecular formula is C30H40N2O4. The Morgan fingerprint density at radius 2 is 1.44 bits per heavy atom. The van der Waals surface area contributed by atoms with E-state index in [1.807, 2.05) is 43.3 Å². The normalized spacial score (nSPS) is 11.0. The van der Waals surface area contributed by atoms with Gasteiger partial charge in [-0.2, -0.15) is 0 Å². The molecule has 0 aliphatic heterocycles. The fraction of sp³-hybridized carbons (Fsp3) is 0.467. The van der Waals surface area contributed by atoms with Gasteiger partial charge in [0.15, 0.2) is 5.75 Å². The van der Waals surface area contributed by atoms with Crippen molar-refractivity contribution in [3.8, 4) is 11.5 Å². The van der Waals surface area contributed by atoms with E-state index in [2.05, 4.69) is 19.2 Å². The van der Waals surface area contributed by atoms with Gasteiger partial charge in [0, 0.05) is 23.2 Å². The molecule has 36 heavy (non-hydrogen) atoms. The summed E-state index contributed by atoms with van der Waals surface area (Å²) < 4.78 is 14.0. The minimum Gasteiger partial charge on any atom is -0.489 e. The zero-order chi connectivity index (χ0) is 25.8. The van der Waals surface area contributed by atoms with Gasteiger partial charge in [0.2, 0.25) is 5.75 Å². The molecule has 194 valence electrons. The number of benzene rings is 2. The average molecular weight is 493 g/mol. The molecule has 0 aliphatic rings. The Morgan fingerprint density at radius 3 is 2.06 bits per heavy atom. The number of ether oxygens (including phenoxy) is 2. The molecule has 1 heterocycles. The second kappa shape index (κ2) is 14.3. The van der Waals surface area contributed by atoms with Crippen LogP contribution in [0.15, 0.2) is 53.3 Å². The predicted octanol–water partition coefficient (Wildman–Crippen LogP) is 7.19. The second-order valence-corrected chi connectivity index (χ2v) is 9.08. The first-order chi connectivity index (χ1) is 17.6. The van der Waals surface area contributed by atoms with E-state index in [0.717, 1.165) is 62.3 Å². The van der Waals surface area contributed by atoms with E-state index in [1.54, 1.807) is 16.7 Å². The van der Waals surface area contributed by atoms with E-state index >= 15 is 0 Å². The molecule has 6 nitrogen and oxygen atoms in total. The molecule has 0 aliphatic carbocycles. The highest BCUT2D eigenvalue weighted by Crippen LogP contribution is 2.35. The van der Waals surface area contributed by atoms with E-state index in [-0.39, 0.29) is 17.2 Å². The van der Waals surface area contributed by atoms with Crippen molar-refractivity contribution in [1.29, 1.82) is 0 Å². The largest absolute Gasteiger partial charge is 0.489 e.